The molecule has 0 radical (unpaired) electrons. The highest BCUT2D eigenvalue weighted by atomic mass is 32.1. The smallest absolute Gasteiger partial charge is 0.191 e. The predicted octanol–water partition coefficient (Wildman–Crippen LogP) is 3.87. The topological polar surface area (TPSA) is 67.8 Å². The zero-order chi connectivity index (χ0) is 22.1. The molecule has 1 aromatic carbocycles. The highest BCUT2D eigenvalue weighted by Gasteiger charge is 2.37. The normalized spacial score (nSPS) is 16.2. The summed E-state index contributed by atoms with van der Waals surface area (Å²) in [4.78, 5) is 10.9. The molecule has 7 heteroatoms. The van der Waals surface area contributed by atoms with Crippen molar-refractivity contribution in [2.24, 2.45) is 4.99 Å². The van der Waals surface area contributed by atoms with Gasteiger partial charge in [0, 0.05) is 54.8 Å². The maximum absolute atomic E-state index is 5.73. The van der Waals surface area contributed by atoms with Crippen LogP contribution in [-0.4, -0.2) is 50.9 Å². The molecule has 1 fully saturated rings. The van der Waals surface area contributed by atoms with Gasteiger partial charge in [0.1, 0.15) is 5.75 Å². The zero-order valence-corrected chi connectivity index (χ0v) is 20.1. The van der Waals surface area contributed by atoms with E-state index in [2.05, 4.69) is 54.6 Å². The molecular formula is C24H36N4O2S. The molecule has 1 aliphatic heterocycles. The molecule has 170 valence electrons. The standard InChI is InChI=1S/C24H36N4O2S/c1-5-19-16-27-22(31-19)9-12-26-23(25-6-2)28-17-24(10-13-30-14-11-24)20-15-18(3)7-8-21(20)29-4/h7-8,15-16H,5-6,9-14,17H2,1-4H3,(H2,25,26,28). The second-order valence-corrected chi connectivity index (χ2v) is 9.24. The molecule has 1 aliphatic rings. The SMILES string of the molecule is CCNC(=NCC1(c2cc(C)ccc2OC)CCOCC1)NCCc1ncc(CC)s1. The summed E-state index contributed by atoms with van der Waals surface area (Å²) >= 11 is 1.80. The van der Waals surface area contributed by atoms with E-state index in [0.717, 1.165) is 63.7 Å². The van der Waals surface area contributed by atoms with Gasteiger partial charge in [-0.3, -0.25) is 4.99 Å². The minimum Gasteiger partial charge on any atom is -0.496 e. The van der Waals surface area contributed by atoms with Gasteiger partial charge >= 0.3 is 0 Å². The van der Waals surface area contributed by atoms with Crippen molar-refractivity contribution in [2.45, 2.75) is 51.9 Å². The van der Waals surface area contributed by atoms with Gasteiger partial charge in [-0.1, -0.05) is 24.6 Å². The molecule has 2 heterocycles. The van der Waals surface area contributed by atoms with Gasteiger partial charge in [-0.25, -0.2) is 4.98 Å². The second-order valence-electron chi connectivity index (χ2n) is 8.04. The molecule has 0 spiro atoms. The van der Waals surface area contributed by atoms with E-state index in [1.165, 1.54) is 21.0 Å². The number of thiazole rings is 1. The second kappa shape index (κ2) is 11.5. The minimum atomic E-state index is -0.0801. The van der Waals surface area contributed by atoms with Crippen molar-refractivity contribution in [3.63, 3.8) is 0 Å². The van der Waals surface area contributed by atoms with E-state index in [4.69, 9.17) is 14.5 Å². The van der Waals surface area contributed by atoms with Gasteiger partial charge in [-0.2, -0.15) is 0 Å². The van der Waals surface area contributed by atoms with Crippen LogP contribution in [0.15, 0.2) is 29.4 Å². The Bertz CT molecular complexity index is 859. The third kappa shape index (κ3) is 6.20. The Morgan fingerprint density at radius 2 is 2.06 bits per heavy atom. The van der Waals surface area contributed by atoms with Crippen LogP contribution in [0.3, 0.4) is 0 Å². The molecular weight excluding hydrogens is 408 g/mol. The lowest BCUT2D eigenvalue weighted by Crippen LogP contribution is -2.42. The fourth-order valence-corrected chi connectivity index (χ4v) is 4.86. The van der Waals surface area contributed by atoms with Crippen molar-refractivity contribution in [3.8, 4) is 5.75 Å². The van der Waals surface area contributed by atoms with E-state index in [1.54, 1.807) is 18.4 Å². The molecule has 0 unspecified atom stereocenters. The quantitative estimate of drug-likeness (QED) is 0.454. The molecule has 0 aliphatic carbocycles. The number of aryl methyl sites for hydroxylation is 2. The minimum absolute atomic E-state index is 0.0801. The van der Waals surface area contributed by atoms with Crippen LogP contribution in [0.1, 0.15) is 47.7 Å². The lowest BCUT2D eigenvalue weighted by atomic mass is 9.73. The van der Waals surface area contributed by atoms with Gasteiger partial charge in [0.25, 0.3) is 0 Å². The summed E-state index contributed by atoms with van der Waals surface area (Å²) in [6.45, 7) is 10.2. The Morgan fingerprint density at radius 1 is 1.26 bits per heavy atom. The van der Waals surface area contributed by atoms with Crippen molar-refractivity contribution in [1.29, 1.82) is 0 Å². The van der Waals surface area contributed by atoms with Crippen LogP contribution < -0.4 is 15.4 Å². The maximum atomic E-state index is 5.73. The summed E-state index contributed by atoms with van der Waals surface area (Å²) in [5.41, 5.74) is 2.40. The molecule has 31 heavy (non-hydrogen) atoms. The third-order valence-corrected chi connectivity index (χ3v) is 7.04. The van der Waals surface area contributed by atoms with E-state index >= 15 is 0 Å². The number of aromatic nitrogens is 1. The fraction of sp³-hybridized carbons (Fsp3) is 0.583. The first-order chi connectivity index (χ1) is 15.1. The molecule has 1 aromatic heterocycles. The average Bonchev–Trinajstić information content (AvgIpc) is 3.26. The Hall–Kier alpha value is -2.12. The molecule has 2 N–H and O–H groups in total. The Labute approximate surface area is 190 Å². The summed E-state index contributed by atoms with van der Waals surface area (Å²) in [6.07, 6.45) is 5.82. The van der Waals surface area contributed by atoms with Crippen LogP contribution in [0.5, 0.6) is 5.75 Å². The van der Waals surface area contributed by atoms with Gasteiger partial charge in [-0.15, -0.1) is 11.3 Å². The predicted molar refractivity (Wildman–Crippen MR) is 129 cm³/mol. The molecule has 1 saturated heterocycles. The van der Waals surface area contributed by atoms with Gasteiger partial charge in [0.05, 0.1) is 18.7 Å². The first kappa shape index (κ1) is 23.5. The number of hydrogen-bond acceptors (Lipinski definition) is 5. The number of guanidine groups is 1. The van der Waals surface area contributed by atoms with Crippen molar-refractivity contribution in [3.05, 3.63) is 45.4 Å². The highest BCUT2D eigenvalue weighted by molar-refractivity contribution is 7.11. The van der Waals surface area contributed by atoms with Crippen LogP contribution in [0.2, 0.25) is 0 Å². The average molecular weight is 445 g/mol. The number of nitrogens with zero attached hydrogens (tertiary/aromatic N) is 2. The molecule has 0 amide bonds. The Balaban J connectivity index is 1.74. The van der Waals surface area contributed by atoms with E-state index in [9.17, 15) is 0 Å². The molecule has 2 aromatic rings. The van der Waals surface area contributed by atoms with Crippen LogP contribution in [0, 0.1) is 6.92 Å². The third-order valence-electron chi connectivity index (χ3n) is 5.84. The monoisotopic (exact) mass is 444 g/mol. The fourth-order valence-electron chi connectivity index (χ4n) is 4.00. The number of hydrogen-bond donors (Lipinski definition) is 2. The molecule has 0 bridgehead atoms. The van der Waals surface area contributed by atoms with Crippen LogP contribution >= 0.6 is 11.3 Å². The lowest BCUT2D eigenvalue weighted by Gasteiger charge is -2.37. The molecule has 0 atom stereocenters. The number of aliphatic imine (C=N–C) groups is 1. The first-order valence-corrected chi connectivity index (χ1v) is 12.1. The van der Waals surface area contributed by atoms with E-state index < -0.39 is 0 Å². The van der Waals surface area contributed by atoms with Gasteiger partial charge < -0.3 is 20.1 Å². The number of ether oxygens (including phenoxy) is 2. The highest BCUT2D eigenvalue weighted by Crippen LogP contribution is 2.40. The summed E-state index contributed by atoms with van der Waals surface area (Å²) < 4.78 is 11.4. The van der Waals surface area contributed by atoms with Crippen LogP contribution in [0.4, 0.5) is 0 Å². The van der Waals surface area contributed by atoms with E-state index in [-0.39, 0.29) is 5.41 Å². The van der Waals surface area contributed by atoms with E-state index in [0.29, 0.717) is 6.54 Å². The summed E-state index contributed by atoms with van der Waals surface area (Å²) in [6, 6.07) is 6.44. The summed E-state index contributed by atoms with van der Waals surface area (Å²) in [7, 11) is 1.75. The van der Waals surface area contributed by atoms with Gasteiger partial charge in [0.15, 0.2) is 5.96 Å². The van der Waals surface area contributed by atoms with E-state index in [1.807, 2.05) is 6.20 Å². The molecule has 0 saturated carbocycles. The van der Waals surface area contributed by atoms with Crippen molar-refractivity contribution < 1.29 is 9.47 Å². The van der Waals surface area contributed by atoms with Crippen LogP contribution in [0.25, 0.3) is 0 Å². The van der Waals surface area contributed by atoms with Crippen molar-refractivity contribution in [2.75, 3.05) is 40.0 Å². The number of benzene rings is 1. The molecule has 3 rings (SSSR count). The van der Waals surface area contributed by atoms with Gasteiger partial charge in [0.2, 0.25) is 0 Å². The maximum Gasteiger partial charge on any atom is 0.191 e. The zero-order valence-electron chi connectivity index (χ0n) is 19.3. The summed E-state index contributed by atoms with van der Waals surface area (Å²) in [5, 5.41) is 8.05. The number of nitrogens with one attached hydrogen (secondary N) is 2. The van der Waals surface area contributed by atoms with Crippen molar-refractivity contribution >= 4 is 17.3 Å². The number of methoxy groups -OCH3 is 1. The summed E-state index contributed by atoms with van der Waals surface area (Å²) in [5.74, 6) is 1.79. The van der Waals surface area contributed by atoms with Crippen molar-refractivity contribution in [1.82, 2.24) is 15.6 Å². The molecule has 6 nitrogen and oxygen atoms in total. The first-order valence-electron chi connectivity index (χ1n) is 11.3. The Kier molecular flexibility index (Phi) is 8.72. The Morgan fingerprint density at radius 3 is 2.74 bits per heavy atom. The largest absolute Gasteiger partial charge is 0.496 e. The van der Waals surface area contributed by atoms with Gasteiger partial charge in [-0.05, 0) is 39.2 Å². The van der Waals surface area contributed by atoms with Crippen LogP contribution in [-0.2, 0) is 23.0 Å². The number of rotatable bonds is 9. The lowest BCUT2D eigenvalue weighted by molar-refractivity contribution is 0.0522.